The van der Waals surface area contributed by atoms with E-state index in [9.17, 15) is 14.0 Å². The molecule has 2 rings (SSSR count). The van der Waals surface area contributed by atoms with E-state index in [1.807, 2.05) is 32.0 Å². The molecule has 120 valence electrons. The molecule has 0 saturated heterocycles. The SMILES string of the molecule is Cc1ccc(CC(=O)NNC(=O)Cc2ccc(F)cc2)cc1C. The monoisotopic (exact) mass is 314 g/mol. The lowest BCUT2D eigenvalue weighted by molar-refractivity contribution is -0.128. The molecule has 23 heavy (non-hydrogen) atoms. The highest BCUT2D eigenvalue weighted by Crippen LogP contribution is 2.10. The molecule has 0 aliphatic carbocycles. The van der Waals surface area contributed by atoms with Crippen molar-refractivity contribution in [1.29, 1.82) is 0 Å². The van der Waals surface area contributed by atoms with Crippen LogP contribution in [0.15, 0.2) is 42.5 Å². The molecule has 2 amide bonds. The third-order valence-electron chi connectivity index (χ3n) is 3.56. The third kappa shape index (κ3) is 5.21. The summed E-state index contributed by atoms with van der Waals surface area (Å²) in [5, 5.41) is 0. The lowest BCUT2D eigenvalue weighted by Crippen LogP contribution is -2.43. The van der Waals surface area contributed by atoms with Gasteiger partial charge in [-0.3, -0.25) is 20.4 Å². The van der Waals surface area contributed by atoms with E-state index in [0.717, 1.165) is 11.1 Å². The topological polar surface area (TPSA) is 58.2 Å². The summed E-state index contributed by atoms with van der Waals surface area (Å²) >= 11 is 0. The minimum absolute atomic E-state index is 0.0736. The van der Waals surface area contributed by atoms with Gasteiger partial charge in [-0.05, 0) is 48.2 Å². The van der Waals surface area contributed by atoms with Crippen LogP contribution < -0.4 is 10.9 Å². The molecule has 0 heterocycles. The summed E-state index contributed by atoms with van der Waals surface area (Å²) < 4.78 is 12.8. The van der Waals surface area contributed by atoms with Crippen molar-refractivity contribution in [3.8, 4) is 0 Å². The van der Waals surface area contributed by atoms with Crippen molar-refractivity contribution in [2.45, 2.75) is 26.7 Å². The minimum Gasteiger partial charge on any atom is -0.273 e. The van der Waals surface area contributed by atoms with Gasteiger partial charge < -0.3 is 0 Å². The van der Waals surface area contributed by atoms with Crippen LogP contribution in [0.4, 0.5) is 4.39 Å². The molecule has 5 heteroatoms. The zero-order chi connectivity index (χ0) is 16.8. The second kappa shape index (κ2) is 7.54. The zero-order valence-corrected chi connectivity index (χ0v) is 13.2. The van der Waals surface area contributed by atoms with Gasteiger partial charge >= 0.3 is 0 Å². The first-order valence-corrected chi connectivity index (χ1v) is 7.32. The Morgan fingerprint density at radius 1 is 0.826 bits per heavy atom. The van der Waals surface area contributed by atoms with Crippen molar-refractivity contribution < 1.29 is 14.0 Å². The van der Waals surface area contributed by atoms with Crippen LogP contribution in [0.3, 0.4) is 0 Å². The molecule has 2 aromatic carbocycles. The number of rotatable bonds is 4. The van der Waals surface area contributed by atoms with Crippen LogP contribution in [-0.2, 0) is 22.4 Å². The molecule has 0 fully saturated rings. The number of aryl methyl sites for hydroxylation is 2. The number of benzene rings is 2. The normalized spacial score (nSPS) is 10.2. The average Bonchev–Trinajstić information content (AvgIpc) is 2.51. The molecule has 2 aromatic rings. The molecule has 0 aliphatic heterocycles. The number of nitrogens with one attached hydrogen (secondary N) is 2. The molecule has 0 unspecified atom stereocenters. The van der Waals surface area contributed by atoms with Gasteiger partial charge in [-0.15, -0.1) is 0 Å². The van der Waals surface area contributed by atoms with Crippen LogP contribution in [0.5, 0.6) is 0 Å². The molecule has 2 N–H and O–H groups in total. The van der Waals surface area contributed by atoms with E-state index in [1.54, 1.807) is 0 Å². The number of hydrazine groups is 1. The standard InChI is InChI=1S/C18H19FN2O2/c1-12-3-4-15(9-13(12)2)11-18(23)21-20-17(22)10-14-5-7-16(19)8-6-14/h3-9H,10-11H2,1-2H3,(H,20,22)(H,21,23). The fourth-order valence-corrected chi connectivity index (χ4v) is 2.11. The summed E-state index contributed by atoms with van der Waals surface area (Å²) in [6.07, 6.45) is 0.266. The van der Waals surface area contributed by atoms with Crippen molar-refractivity contribution in [2.24, 2.45) is 0 Å². The van der Waals surface area contributed by atoms with Crippen molar-refractivity contribution in [3.63, 3.8) is 0 Å². The Balaban J connectivity index is 1.80. The zero-order valence-electron chi connectivity index (χ0n) is 13.2. The molecule has 4 nitrogen and oxygen atoms in total. The van der Waals surface area contributed by atoms with E-state index in [0.29, 0.717) is 5.56 Å². The first kappa shape index (κ1) is 16.7. The fraction of sp³-hybridized carbons (Fsp3) is 0.222. The summed E-state index contributed by atoms with van der Waals surface area (Å²) in [6, 6.07) is 11.5. The van der Waals surface area contributed by atoms with Gasteiger partial charge in [0.05, 0.1) is 12.8 Å². The van der Waals surface area contributed by atoms with E-state index in [2.05, 4.69) is 10.9 Å². The predicted octanol–water partition coefficient (Wildman–Crippen LogP) is 2.38. The smallest absolute Gasteiger partial charge is 0.242 e. The van der Waals surface area contributed by atoms with Gasteiger partial charge in [0.1, 0.15) is 5.82 Å². The van der Waals surface area contributed by atoms with Crippen molar-refractivity contribution in [1.82, 2.24) is 10.9 Å². The summed E-state index contributed by atoms with van der Waals surface area (Å²) in [5.74, 6) is -0.999. The van der Waals surface area contributed by atoms with Crippen LogP contribution >= 0.6 is 0 Å². The van der Waals surface area contributed by atoms with Crippen molar-refractivity contribution in [3.05, 3.63) is 70.5 Å². The van der Waals surface area contributed by atoms with E-state index < -0.39 is 0 Å². The molecule has 0 saturated carbocycles. The van der Waals surface area contributed by atoms with Crippen LogP contribution in [0.25, 0.3) is 0 Å². The Morgan fingerprint density at radius 3 is 1.91 bits per heavy atom. The molecule has 0 bridgehead atoms. The number of amides is 2. The molecule has 0 aliphatic rings. The average molecular weight is 314 g/mol. The Bertz CT molecular complexity index is 711. The maximum absolute atomic E-state index is 12.8. The van der Waals surface area contributed by atoms with Crippen molar-refractivity contribution >= 4 is 11.8 Å². The minimum atomic E-state index is -0.356. The number of hydrogen-bond donors (Lipinski definition) is 2. The van der Waals surface area contributed by atoms with Crippen LogP contribution in [-0.4, -0.2) is 11.8 Å². The summed E-state index contributed by atoms with van der Waals surface area (Å²) in [7, 11) is 0. The number of carbonyl (C=O) groups is 2. The summed E-state index contributed by atoms with van der Waals surface area (Å²) in [6.45, 7) is 4.00. The first-order chi connectivity index (χ1) is 10.9. The van der Waals surface area contributed by atoms with Gasteiger partial charge in [0, 0.05) is 0 Å². The largest absolute Gasteiger partial charge is 0.273 e. The highest BCUT2D eigenvalue weighted by atomic mass is 19.1. The van der Waals surface area contributed by atoms with Gasteiger partial charge in [0.15, 0.2) is 0 Å². The molecule has 0 spiro atoms. The lowest BCUT2D eigenvalue weighted by Gasteiger charge is -2.08. The van der Waals surface area contributed by atoms with Gasteiger partial charge in [0.25, 0.3) is 0 Å². The van der Waals surface area contributed by atoms with Crippen molar-refractivity contribution in [2.75, 3.05) is 0 Å². The molecule has 0 atom stereocenters. The van der Waals surface area contributed by atoms with Gasteiger partial charge in [0.2, 0.25) is 11.8 Å². The molecule has 0 radical (unpaired) electrons. The second-order valence-electron chi connectivity index (χ2n) is 5.49. The van der Waals surface area contributed by atoms with Crippen LogP contribution in [0.2, 0.25) is 0 Å². The summed E-state index contributed by atoms with van der Waals surface area (Å²) in [4.78, 5) is 23.6. The maximum Gasteiger partial charge on any atom is 0.242 e. The lowest BCUT2D eigenvalue weighted by atomic mass is 10.0. The van der Waals surface area contributed by atoms with Gasteiger partial charge in [-0.25, -0.2) is 4.39 Å². The molecular formula is C18H19FN2O2. The Hall–Kier alpha value is -2.69. The summed E-state index contributed by atoms with van der Waals surface area (Å²) in [5.41, 5.74) is 8.59. The highest BCUT2D eigenvalue weighted by Gasteiger charge is 2.07. The third-order valence-corrected chi connectivity index (χ3v) is 3.56. The maximum atomic E-state index is 12.8. The Morgan fingerprint density at radius 2 is 1.35 bits per heavy atom. The van der Waals surface area contributed by atoms with Crippen LogP contribution in [0.1, 0.15) is 22.3 Å². The first-order valence-electron chi connectivity index (χ1n) is 7.32. The number of carbonyl (C=O) groups excluding carboxylic acids is 2. The molecular weight excluding hydrogens is 295 g/mol. The highest BCUT2D eigenvalue weighted by molar-refractivity contribution is 5.84. The predicted molar refractivity (Wildman–Crippen MR) is 86.0 cm³/mol. The Kier molecular flexibility index (Phi) is 5.46. The number of halogens is 1. The quantitative estimate of drug-likeness (QED) is 0.851. The molecule has 0 aromatic heterocycles. The van der Waals surface area contributed by atoms with E-state index in [1.165, 1.54) is 29.8 Å². The number of hydrogen-bond acceptors (Lipinski definition) is 2. The Labute approximate surface area is 134 Å². The van der Waals surface area contributed by atoms with E-state index in [4.69, 9.17) is 0 Å². The fourth-order valence-electron chi connectivity index (χ4n) is 2.11. The van der Waals surface area contributed by atoms with Gasteiger partial charge in [-0.1, -0.05) is 30.3 Å². The van der Waals surface area contributed by atoms with E-state index >= 15 is 0 Å². The second-order valence-corrected chi connectivity index (χ2v) is 5.49. The van der Waals surface area contributed by atoms with Crippen LogP contribution in [0, 0.1) is 19.7 Å². The van der Waals surface area contributed by atoms with Gasteiger partial charge in [-0.2, -0.15) is 0 Å². The van der Waals surface area contributed by atoms with E-state index in [-0.39, 0.29) is 30.5 Å².